The third-order valence-corrected chi connectivity index (χ3v) is 3.49. The van der Waals surface area contributed by atoms with E-state index in [1.54, 1.807) is 18.6 Å². The van der Waals surface area contributed by atoms with Gasteiger partial charge in [0.25, 0.3) is 5.91 Å². The van der Waals surface area contributed by atoms with E-state index >= 15 is 0 Å². The smallest absolute Gasteiger partial charge is 0.275 e. The number of nitrogens with zero attached hydrogens (tertiary/aromatic N) is 3. The van der Waals surface area contributed by atoms with Crippen molar-refractivity contribution < 1.29 is 4.79 Å². The first kappa shape index (κ1) is 13.3. The molecule has 0 unspecified atom stereocenters. The topological polar surface area (TPSA) is 75.1 Å². The van der Waals surface area contributed by atoms with E-state index in [0.29, 0.717) is 11.3 Å². The zero-order chi connectivity index (χ0) is 15.6. The van der Waals surface area contributed by atoms with Crippen molar-refractivity contribution in [1.29, 1.82) is 0 Å². The molecule has 112 valence electrons. The van der Waals surface area contributed by atoms with Gasteiger partial charge in [-0.1, -0.05) is 18.2 Å². The number of H-pyrrole nitrogens is 1. The number of anilines is 1. The van der Waals surface area contributed by atoms with Gasteiger partial charge in [0.1, 0.15) is 17.2 Å². The van der Waals surface area contributed by atoms with E-state index in [-0.39, 0.29) is 5.91 Å². The predicted octanol–water partition coefficient (Wildman–Crippen LogP) is 2.98. The number of amides is 1. The number of benzene rings is 1. The molecule has 0 aliphatic rings. The molecule has 3 aromatic heterocycles. The number of hydrogen-bond acceptors (Lipinski definition) is 3. The van der Waals surface area contributed by atoms with Crippen LogP contribution >= 0.6 is 0 Å². The van der Waals surface area contributed by atoms with Gasteiger partial charge in [-0.15, -0.1) is 0 Å². The Kier molecular flexibility index (Phi) is 3.12. The third kappa shape index (κ3) is 2.57. The van der Waals surface area contributed by atoms with E-state index in [2.05, 4.69) is 20.3 Å². The predicted molar refractivity (Wildman–Crippen MR) is 87.2 cm³/mol. The highest BCUT2D eigenvalue weighted by molar-refractivity contribution is 6.03. The molecule has 0 atom stereocenters. The molecule has 3 heterocycles. The molecule has 0 radical (unpaired) electrons. The van der Waals surface area contributed by atoms with Crippen LogP contribution in [0.4, 0.5) is 5.69 Å². The Balaban J connectivity index is 1.65. The monoisotopic (exact) mass is 303 g/mol. The second-order valence-electron chi connectivity index (χ2n) is 5.07. The van der Waals surface area contributed by atoms with E-state index in [9.17, 15) is 4.79 Å². The van der Waals surface area contributed by atoms with E-state index in [0.717, 1.165) is 17.1 Å². The second kappa shape index (κ2) is 5.42. The van der Waals surface area contributed by atoms with E-state index < -0.39 is 0 Å². The van der Waals surface area contributed by atoms with Crippen molar-refractivity contribution in [2.45, 2.75) is 0 Å². The molecule has 0 spiro atoms. The van der Waals surface area contributed by atoms with Crippen LogP contribution in [0, 0.1) is 0 Å². The summed E-state index contributed by atoms with van der Waals surface area (Å²) in [5.74, 6) is 0.537. The molecule has 1 amide bonds. The molecule has 6 nitrogen and oxygen atoms in total. The maximum atomic E-state index is 12.3. The molecule has 0 saturated carbocycles. The molecule has 4 aromatic rings. The first-order chi connectivity index (χ1) is 11.3. The van der Waals surface area contributed by atoms with Crippen LogP contribution in [-0.4, -0.2) is 25.3 Å². The number of hydrogen-bond donors (Lipinski definition) is 2. The van der Waals surface area contributed by atoms with Crippen molar-refractivity contribution in [2.24, 2.45) is 0 Å². The minimum Gasteiger partial charge on any atom is -0.345 e. The quantitative estimate of drug-likeness (QED) is 0.611. The van der Waals surface area contributed by atoms with Crippen LogP contribution in [0.2, 0.25) is 0 Å². The Hall–Kier alpha value is -3.41. The lowest BCUT2D eigenvalue weighted by Crippen LogP contribution is -2.11. The fourth-order valence-electron chi connectivity index (χ4n) is 2.38. The Morgan fingerprint density at radius 1 is 1.09 bits per heavy atom. The lowest BCUT2D eigenvalue weighted by Gasteiger charge is -2.01. The van der Waals surface area contributed by atoms with Crippen LogP contribution in [0.5, 0.6) is 0 Å². The van der Waals surface area contributed by atoms with Gasteiger partial charge in [-0.25, -0.2) is 9.97 Å². The van der Waals surface area contributed by atoms with Gasteiger partial charge in [0, 0.05) is 36.0 Å². The highest BCUT2D eigenvalue weighted by Crippen LogP contribution is 2.16. The fourth-order valence-corrected chi connectivity index (χ4v) is 2.38. The average molecular weight is 303 g/mol. The molecule has 0 saturated heterocycles. The molecule has 0 bridgehead atoms. The van der Waals surface area contributed by atoms with Gasteiger partial charge < -0.3 is 14.7 Å². The number of nitrogens with one attached hydrogen (secondary N) is 2. The number of rotatable bonds is 3. The number of fused-ring (bicyclic) bond motifs is 1. The summed E-state index contributed by atoms with van der Waals surface area (Å²) in [4.78, 5) is 23.9. The van der Waals surface area contributed by atoms with Crippen LogP contribution in [0.25, 0.3) is 17.0 Å². The van der Waals surface area contributed by atoms with Crippen LogP contribution in [-0.2, 0) is 0 Å². The first-order valence-electron chi connectivity index (χ1n) is 7.14. The molecule has 0 aliphatic heterocycles. The van der Waals surface area contributed by atoms with Gasteiger partial charge in [0.15, 0.2) is 0 Å². The average Bonchev–Trinajstić information content (AvgIpc) is 3.24. The minimum atomic E-state index is -0.237. The van der Waals surface area contributed by atoms with Crippen molar-refractivity contribution in [2.75, 3.05) is 5.32 Å². The Bertz CT molecular complexity index is 957. The maximum Gasteiger partial charge on any atom is 0.275 e. The molecule has 0 aliphatic carbocycles. The zero-order valence-corrected chi connectivity index (χ0v) is 12.1. The van der Waals surface area contributed by atoms with Crippen LogP contribution in [0.1, 0.15) is 10.5 Å². The molecule has 1 aromatic carbocycles. The fraction of sp³-hybridized carbons (Fsp3) is 0. The standard InChI is InChI=1S/C17H13N5O/c23-17(20-13-4-2-1-3-5-13)14-11-22-10-12(6-7-15(22)21-14)16-18-8-9-19-16/h1-11H,(H,18,19)(H,20,23). The molecule has 2 N–H and O–H groups in total. The molecule has 0 fully saturated rings. The van der Waals surface area contributed by atoms with Crippen molar-refractivity contribution in [3.63, 3.8) is 0 Å². The van der Waals surface area contributed by atoms with Crippen molar-refractivity contribution in [3.05, 3.63) is 72.9 Å². The van der Waals surface area contributed by atoms with Gasteiger partial charge in [-0.3, -0.25) is 4.79 Å². The van der Waals surface area contributed by atoms with Crippen LogP contribution in [0.3, 0.4) is 0 Å². The Morgan fingerprint density at radius 2 is 1.96 bits per heavy atom. The zero-order valence-electron chi connectivity index (χ0n) is 12.1. The first-order valence-corrected chi connectivity index (χ1v) is 7.14. The van der Waals surface area contributed by atoms with Gasteiger partial charge in [-0.2, -0.15) is 0 Å². The van der Waals surface area contributed by atoms with Crippen LogP contribution < -0.4 is 5.32 Å². The van der Waals surface area contributed by atoms with Gasteiger partial charge >= 0.3 is 0 Å². The number of aromatic nitrogens is 4. The summed E-state index contributed by atoms with van der Waals surface area (Å²) < 4.78 is 1.82. The number of imidazole rings is 2. The van der Waals surface area contributed by atoms with Crippen molar-refractivity contribution >= 4 is 17.2 Å². The minimum absolute atomic E-state index is 0.237. The number of carbonyl (C=O) groups is 1. The summed E-state index contributed by atoms with van der Waals surface area (Å²) in [6, 6.07) is 13.1. The largest absolute Gasteiger partial charge is 0.345 e. The Morgan fingerprint density at radius 3 is 2.74 bits per heavy atom. The highest BCUT2D eigenvalue weighted by Gasteiger charge is 2.11. The lowest BCUT2D eigenvalue weighted by molar-refractivity contribution is 0.102. The van der Waals surface area contributed by atoms with Crippen LogP contribution in [0.15, 0.2) is 67.3 Å². The summed E-state index contributed by atoms with van der Waals surface area (Å²) in [5.41, 5.74) is 2.74. The molecule has 6 heteroatoms. The van der Waals surface area contributed by atoms with E-state index in [1.807, 2.05) is 53.1 Å². The number of carbonyl (C=O) groups excluding carboxylic acids is 1. The summed E-state index contributed by atoms with van der Waals surface area (Å²) in [6.07, 6.45) is 7.07. The lowest BCUT2D eigenvalue weighted by atomic mass is 10.3. The maximum absolute atomic E-state index is 12.3. The molecule has 4 rings (SSSR count). The molecule has 23 heavy (non-hydrogen) atoms. The van der Waals surface area contributed by atoms with E-state index in [1.165, 1.54) is 0 Å². The SMILES string of the molecule is O=C(Nc1ccccc1)c1cn2cc(-c3ncc[nH]3)ccc2n1. The highest BCUT2D eigenvalue weighted by atomic mass is 16.1. The third-order valence-electron chi connectivity index (χ3n) is 3.49. The normalized spacial score (nSPS) is 10.8. The van der Waals surface area contributed by atoms with Gasteiger partial charge in [0.05, 0.1) is 0 Å². The van der Waals surface area contributed by atoms with Gasteiger partial charge in [0.2, 0.25) is 0 Å². The number of pyridine rings is 1. The second-order valence-corrected chi connectivity index (χ2v) is 5.07. The summed E-state index contributed by atoms with van der Waals surface area (Å²) in [7, 11) is 0. The van der Waals surface area contributed by atoms with Gasteiger partial charge in [-0.05, 0) is 24.3 Å². The van der Waals surface area contributed by atoms with E-state index in [4.69, 9.17) is 0 Å². The summed E-state index contributed by atoms with van der Waals surface area (Å²) >= 11 is 0. The molecular weight excluding hydrogens is 290 g/mol. The summed E-state index contributed by atoms with van der Waals surface area (Å²) in [6.45, 7) is 0. The molecular formula is C17H13N5O. The summed E-state index contributed by atoms with van der Waals surface area (Å²) in [5, 5.41) is 2.83. The number of para-hydroxylation sites is 1. The number of aromatic amines is 1. The van der Waals surface area contributed by atoms with Crippen molar-refractivity contribution in [1.82, 2.24) is 19.4 Å². The Labute approximate surface area is 131 Å². The van der Waals surface area contributed by atoms with Crippen molar-refractivity contribution in [3.8, 4) is 11.4 Å².